The molecule has 1 rings (SSSR count). The molecule has 0 aromatic heterocycles. The van der Waals surface area contributed by atoms with Crippen molar-refractivity contribution in [1.29, 1.82) is 0 Å². The fourth-order valence-electron chi connectivity index (χ4n) is 1.74. The van der Waals surface area contributed by atoms with Gasteiger partial charge in [-0.25, -0.2) is 0 Å². The second-order valence-corrected chi connectivity index (χ2v) is 3.37. The predicted molar refractivity (Wildman–Crippen MR) is 45.5 cm³/mol. The average molecular weight is 207 g/mol. The van der Waals surface area contributed by atoms with E-state index in [0.717, 1.165) is 0 Å². The third-order valence-electron chi connectivity index (χ3n) is 2.41. The van der Waals surface area contributed by atoms with Gasteiger partial charge in [0.15, 0.2) is 6.10 Å². The molecule has 0 bridgehead atoms. The van der Waals surface area contributed by atoms with Crippen LogP contribution in [-0.4, -0.2) is 41.4 Å². The normalized spacial score (nSPS) is 26.1. The van der Waals surface area contributed by atoms with Crippen molar-refractivity contribution in [2.75, 3.05) is 13.1 Å². The highest BCUT2D eigenvalue weighted by Gasteiger charge is 2.46. The van der Waals surface area contributed by atoms with Crippen LogP contribution in [0.3, 0.4) is 0 Å². The lowest BCUT2D eigenvalue weighted by atomic mass is 10.1. The van der Waals surface area contributed by atoms with E-state index in [0.29, 0.717) is 19.4 Å². The zero-order valence-corrected chi connectivity index (χ0v) is 7.59. The van der Waals surface area contributed by atoms with Crippen LogP contribution < -0.4 is 0 Å². The molecule has 0 aromatic carbocycles. The van der Waals surface area contributed by atoms with Crippen LogP contribution in [-0.2, 0) is 0 Å². The van der Waals surface area contributed by atoms with Crippen LogP contribution in [0.25, 0.3) is 0 Å². The Kier molecular flexibility index (Phi) is 3.40. The van der Waals surface area contributed by atoms with E-state index in [4.69, 9.17) is 11.5 Å². The van der Waals surface area contributed by atoms with Crippen molar-refractivity contribution < 1.29 is 18.3 Å². The standard InChI is InChI=1S/C9H12F3NO/c1-2-5-13-6-3-4-7(13)8(14)9(10,11)12/h1,7-8,14H,3-6H2/t7-,8-/m1/s1. The summed E-state index contributed by atoms with van der Waals surface area (Å²) in [6.45, 7) is 0.694. The monoisotopic (exact) mass is 207 g/mol. The van der Waals surface area contributed by atoms with Gasteiger partial charge in [-0.2, -0.15) is 13.2 Å². The van der Waals surface area contributed by atoms with E-state index in [1.54, 1.807) is 0 Å². The number of rotatable bonds is 2. The van der Waals surface area contributed by atoms with Crippen molar-refractivity contribution in [3.05, 3.63) is 0 Å². The fraction of sp³-hybridized carbons (Fsp3) is 0.778. The lowest BCUT2D eigenvalue weighted by Gasteiger charge is -2.28. The van der Waals surface area contributed by atoms with Crippen molar-refractivity contribution in [2.24, 2.45) is 0 Å². The van der Waals surface area contributed by atoms with Crippen molar-refractivity contribution in [2.45, 2.75) is 31.2 Å². The number of halogens is 3. The third-order valence-corrected chi connectivity index (χ3v) is 2.41. The molecule has 0 amide bonds. The zero-order chi connectivity index (χ0) is 10.8. The molecule has 0 aliphatic carbocycles. The van der Waals surface area contributed by atoms with Gasteiger partial charge in [0.2, 0.25) is 0 Å². The molecule has 1 heterocycles. The van der Waals surface area contributed by atoms with Crippen LogP contribution in [0.15, 0.2) is 0 Å². The summed E-state index contributed by atoms with van der Waals surface area (Å²) in [4.78, 5) is 1.50. The van der Waals surface area contributed by atoms with Crippen LogP contribution in [0.1, 0.15) is 12.8 Å². The average Bonchev–Trinajstić information content (AvgIpc) is 2.50. The molecule has 1 N–H and O–H groups in total. The summed E-state index contributed by atoms with van der Waals surface area (Å²) in [5.74, 6) is 2.29. The van der Waals surface area contributed by atoms with Gasteiger partial charge in [-0.3, -0.25) is 4.90 Å². The first-order valence-corrected chi connectivity index (χ1v) is 4.39. The maximum absolute atomic E-state index is 12.2. The predicted octanol–water partition coefficient (Wildman–Crippen LogP) is 1.01. The first kappa shape index (κ1) is 11.3. The lowest BCUT2D eigenvalue weighted by Crippen LogP contribution is -2.47. The molecule has 0 unspecified atom stereocenters. The highest BCUT2D eigenvalue weighted by Crippen LogP contribution is 2.30. The van der Waals surface area contributed by atoms with Gasteiger partial charge in [0.05, 0.1) is 6.54 Å². The molecule has 5 heteroatoms. The molecule has 2 nitrogen and oxygen atoms in total. The van der Waals surface area contributed by atoms with Gasteiger partial charge in [-0.1, -0.05) is 5.92 Å². The fourth-order valence-corrected chi connectivity index (χ4v) is 1.74. The maximum atomic E-state index is 12.2. The van der Waals surface area contributed by atoms with E-state index >= 15 is 0 Å². The number of likely N-dealkylation sites (tertiary alicyclic amines) is 1. The molecule has 1 fully saturated rings. The molecule has 14 heavy (non-hydrogen) atoms. The summed E-state index contributed by atoms with van der Waals surface area (Å²) in [7, 11) is 0. The summed E-state index contributed by atoms with van der Waals surface area (Å²) >= 11 is 0. The third kappa shape index (κ3) is 2.40. The lowest BCUT2D eigenvalue weighted by molar-refractivity contribution is -0.218. The Morgan fingerprint density at radius 1 is 1.57 bits per heavy atom. The van der Waals surface area contributed by atoms with Gasteiger partial charge >= 0.3 is 6.18 Å². The summed E-state index contributed by atoms with van der Waals surface area (Å²) in [6, 6.07) is -0.869. The van der Waals surface area contributed by atoms with E-state index in [9.17, 15) is 13.2 Å². The minimum atomic E-state index is -4.55. The molecule has 1 aliphatic heterocycles. The minimum Gasteiger partial charge on any atom is -0.382 e. The molecule has 0 radical (unpaired) electrons. The Labute approximate surface area is 80.7 Å². The molecule has 0 spiro atoms. The van der Waals surface area contributed by atoms with Crippen LogP contribution >= 0.6 is 0 Å². The summed E-state index contributed by atoms with van der Waals surface area (Å²) in [5.41, 5.74) is 0. The largest absolute Gasteiger partial charge is 0.415 e. The quantitative estimate of drug-likeness (QED) is 0.683. The molecule has 0 aromatic rings. The number of terminal acetylenes is 1. The Bertz CT molecular complexity index is 233. The van der Waals surface area contributed by atoms with Gasteiger partial charge in [0.25, 0.3) is 0 Å². The topological polar surface area (TPSA) is 23.5 Å². The Hall–Kier alpha value is -0.730. The van der Waals surface area contributed by atoms with Gasteiger partial charge in [0, 0.05) is 6.04 Å². The first-order valence-electron chi connectivity index (χ1n) is 4.39. The van der Waals surface area contributed by atoms with Crippen LogP contribution in [0.5, 0.6) is 0 Å². The molecule has 2 atom stereocenters. The Morgan fingerprint density at radius 3 is 2.71 bits per heavy atom. The van der Waals surface area contributed by atoms with Crippen LogP contribution in [0, 0.1) is 12.3 Å². The van der Waals surface area contributed by atoms with Gasteiger partial charge in [0.1, 0.15) is 0 Å². The maximum Gasteiger partial charge on any atom is 0.415 e. The number of aliphatic hydroxyl groups is 1. The zero-order valence-electron chi connectivity index (χ0n) is 7.59. The summed E-state index contributed by atoms with van der Waals surface area (Å²) in [6.07, 6.45) is -0.806. The second-order valence-electron chi connectivity index (χ2n) is 3.37. The van der Waals surface area contributed by atoms with E-state index in [1.807, 2.05) is 0 Å². The van der Waals surface area contributed by atoms with E-state index < -0.39 is 18.3 Å². The van der Waals surface area contributed by atoms with Crippen LogP contribution in [0.2, 0.25) is 0 Å². The smallest absolute Gasteiger partial charge is 0.382 e. The second kappa shape index (κ2) is 4.20. The highest BCUT2D eigenvalue weighted by molar-refractivity contribution is 4.96. The summed E-state index contributed by atoms with van der Waals surface area (Å²) < 4.78 is 36.6. The van der Waals surface area contributed by atoms with Crippen molar-refractivity contribution >= 4 is 0 Å². The minimum absolute atomic E-state index is 0.164. The SMILES string of the molecule is C#CCN1CCC[C@@H]1[C@@H](O)C(F)(F)F. The molecule has 0 saturated carbocycles. The summed E-state index contributed by atoms with van der Waals surface area (Å²) in [5, 5.41) is 9.05. The molecule has 1 aliphatic rings. The Morgan fingerprint density at radius 2 is 2.21 bits per heavy atom. The van der Waals surface area contributed by atoms with Crippen LogP contribution in [0.4, 0.5) is 13.2 Å². The van der Waals surface area contributed by atoms with Crippen molar-refractivity contribution in [3.8, 4) is 12.3 Å². The molecular weight excluding hydrogens is 195 g/mol. The van der Waals surface area contributed by atoms with Gasteiger partial charge in [-0.15, -0.1) is 6.42 Å². The van der Waals surface area contributed by atoms with Gasteiger partial charge < -0.3 is 5.11 Å². The Balaban J connectivity index is 2.63. The molecular formula is C9H12F3NO. The first-order chi connectivity index (χ1) is 6.46. The number of nitrogens with zero attached hydrogens (tertiary/aromatic N) is 1. The highest BCUT2D eigenvalue weighted by atomic mass is 19.4. The van der Waals surface area contributed by atoms with Crippen molar-refractivity contribution in [3.63, 3.8) is 0 Å². The molecule has 1 saturated heterocycles. The number of hydrogen-bond donors (Lipinski definition) is 1. The number of aliphatic hydroxyl groups excluding tert-OH is 1. The van der Waals surface area contributed by atoms with E-state index in [2.05, 4.69) is 5.92 Å². The number of hydrogen-bond acceptors (Lipinski definition) is 2. The van der Waals surface area contributed by atoms with Gasteiger partial charge in [-0.05, 0) is 19.4 Å². The van der Waals surface area contributed by atoms with E-state index in [1.165, 1.54) is 4.90 Å². The van der Waals surface area contributed by atoms with E-state index in [-0.39, 0.29) is 6.54 Å². The molecule has 80 valence electrons. The number of alkyl halides is 3. The van der Waals surface area contributed by atoms with Crippen molar-refractivity contribution in [1.82, 2.24) is 4.90 Å².